The van der Waals surface area contributed by atoms with Crippen molar-refractivity contribution in [1.82, 2.24) is 10.6 Å². The van der Waals surface area contributed by atoms with Crippen LogP contribution in [0.5, 0.6) is 0 Å². The van der Waals surface area contributed by atoms with E-state index in [1.807, 2.05) is 42.5 Å². The fraction of sp³-hybridized carbons (Fsp3) is 0.194. The molecule has 0 aromatic heterocycles. The number of rotatable bonds is 13. The lowest BCUT2D eigenvalue weighted by Crippen LogP contribution is -2.48. The number of anilines is 2. The average molecular weight is 637 g/mol. The molecule has 0 unspecified atom stereocenters. The van der Waals surface area contributed by atoms with Crippen LogP contribution in [-0.4, -0.2) is 44.4 Å². The van der Waals surface area contributed by atoms with Gasteiger partial charge in [-0.3, -0.25) is 4.79 Å². The number of carbonyl (C=O) groups excluding carboxylic acids is 1. The summed E-state index contributed by atoms with van der Waals surface area (Å²) in [4.78, 5) is 13.7. The smallest absolute Gasteiger partial charge is 0.251 e. The maximum absolute atomic E-state index is 14.8. The molecule has 0 fully saturated rings. The lowest BCUT2D eigenvalue weighted by Gasteiger charge is -2.26. The van der Waals surface area contributed by atoms with Gasteiger partial charge in [0.25, 0.3) is 5.91 Å². The Balaban J connectivity index is 1.35. The molecule has 1 amide bonds. The summed E-state index contributed by atoms with van der Waals surface area (Å²) in [5, 5.41) is 27.1. The summed E-state index contributed by atoms with van der Waals surface area (Å²) in [5.74, 6) is -0.581. The molecule has 0 spiro atoms. The third-order valence-electron chi connectivity index (χ3n) is 7.58. The fourth-order valence-corrected chi connectivity index (χ4v) is 6.24. The Bertz CT molecular complexity index is 1910. The first-order valence-electron chi connectivity index (χ1n) is 14.6. The normalized spacial score (nSPS) is 14.5. The highest BCUT2D eigenvalue weighted by molar-refractivity contribution is 7.92. The zero-order valence-electron chi connectivity index (χ0n) is 25.1. The second-order valence-corrected chi connectivity index (χ2v) is 13.0. The van der Waals surface area contributed by atoms with Gasteiger partial charge >= 0.3 is 0 Å². The molecule has 2 atom stereocenters. The van der Waals surface area contributed by atoms with E-state index in [1.54, 1.807) is 48.5 Å². The van der Waals surface area contributed by atoms with Gasteiger partial charge in [0.1, 0.15) is 0 Å². The predicted molar refractivity (Wildman–Crippen MR) is 176 cm³/mol. The summed E-state index contributed by atoms with van der Waals surface area (Å²) in [7, 11) is -3.84. The molecule has 8 nitrogen and oxygen atoms in total. The summed E-state index contributed by atoms with van der Waals surface area (Å²) in [6, 6.07) is 30.3. The second-order valence-electron chi connectivity index (χ2n) is 11.1. The summed E-state index contributed by atoms with van der Waals surface area (Å²) in [5.41, 5.74) is 3.94. The first-order chi connectivity index (χ1) is 22.1. The molecule has 0 saturated carbocycles. The van der Waals surface area contributed by atoms with E-state index in [0.29, 0.717) is 24.2 Å². The minimum Gasteiger partial charge on any atom is -0.390 e. The molecule has 3 N–H and O–H groups in total. The largest absolute Gasteiger partial charge is 0.390 e. The molecular formula is C36H33FN4O4S. The standard InChI is InChI=1S/C36H33FN4O4S/c1-46(44,45)41(31-14-6-3-7-15-31)32-20-28(23-38)18-29(22-32)35(43)40-33(21-26-10-4-2-5-11-26)34(42)25-39-24-27-12-8-13-30(19-27)36(37)16-9-17-36/h2-8,10-20,22,33-34,39,42H,21,24-25H2,1H3,(H,40,43)/t33-,34+/m0/s1. The van der Waals surface area contributed by atoms with Gasteiger partial charge in [-0.1, -0.05) is 72.8 Å². The van der Waals surface area contributed by atoms with Gasteiger partial charge < -0.3 is 15.7 Å². The van der Waals surface area contributed by atoms with Crippen molar-refractivity contribution in [3.63, 3.8) is 0 Å². The van der Waals surface area contributed by atoms with Crippen LogP contribution in [0.1, 0.15) is 32.6 Å². The average Bonchev–Trinajstić information content (AvgIpc) is 3.03. The Morgan fingerprint density at radius 2 is 1.63 bits per heavy atom. The molecule has 4 aromatic rings. The van der Waals surface area contributed by atoms with E-state index in [9.17, 15) is 28.0 Å². The Hall–Kier alpha value is -5.04. The number of carbonyl (C=O) groups is 1. The van der Waals surface area contributed by atoms with Crippen molar-refractivity contribution in [1.29, 1.82) is 5.26 Å². The number of alkyl halides is 1. The second kappa shape index (κ2) is 13.9. The number of sulfonamides is 1. The number of aliphatic hydroxyl groups excluding tert-OH is 1. The molecule has 5 rings (SSSR count). The number of benzene rings is 4. The summed E-state index contributed by atoms with van der Waals surface area (Å²) in [6.07, 6.45) is 3.06. The van der Waals surface area contributed by atoms with Gasteiger partial charge in [-0.2, -0.15) is 5.26 Å². The highest BCUT2D eigenvalue weighted by Gasteiger charge is 2.30. The molecule has 4 aromatic carbocycles. The molecule has 234 valence electrons. The van der Waals surface area contributed by atoms with Crippen molar-refractivity contribution in [2.45, 2.75) is 30.8 Å². The molecule has 0 bridgehead atoms. The number of hydrogen-bond acceptors (Lipinski definition) is 6. The number of hydrogen-bond donors (Lipinski definition) is 3. The van der Waals surface area contributed by atoms with Crippen LogP contribution in [0.3, 0.4) is 0 Å². The topological polar surface area (TPSA) is 123 Å². The Morgan fingerprint density at radius 1 is 0.957 bits per heavy atom. The number of nitriles is 1. The maximum Gasteiger partial charge on any atom is 0.251 e. The van der Waals surface area contributed by atoms with E-state index in [-0.39, 0.29) is 23.4 Å². The lowest BCUT2D eigenvalue weighted by molar-refractivity contribution is 0.0830. The van der Waals surface area contributed by atoms with Gasteiger partial charge in [0.05, 0.1) is 41.4 Å². The van der Waals surface area contributed by atoms with Gasteiger partial charge in [-0.05, 0) is 53.4 Å². The van der Waals surface area contributed by atoms with E-state index in [1.165, 1.54) is 30.4 Å². The fourth-order valence-electron chi connectivity index (χ4n) is 5.25. The number of para-hydroxylation sites is 1. The third kappa shape index (κ3) is 7.78. The monoisotopic (exact) mass is 636 g/mol. The molecule has 1 aliphatic carbocycles. The van der Waals surface area contributed by atoms with Crippen molar-refractivity contribution in [3.8, 4) is 6.07 Å². The Labute approximate surface area is 268 Å². The minimum atomic E-state index is -3.84. The Kier molecular flexibility index (Phi) is 9.81. The number of nitrogens with zero attached hydrogens (tertiary/aromatic N) is 2. The molecule has 1 aliphatic rings. The van der Waals surface area contributed by atoms with Gasteiger partial charge in [0, 0.05) is 30.8 Å². The van der Waals surface area contributed by atoms with Crippen LogP contribution in [0.25, 0.3) is 0 Å². The van der Waals surface area contributed by atoms with Crippen LogP contribution in [-0.2, 0) is 28.7 Å². The van der Waals surface area contributed by atoms with Crippen molar-refractivity contribution in [3.05, 3.63) is 149 Å². The summed E-state index contributed by atoms with van der Waals surface area (Å²) >= 11 is 0. The van der Waals surface area contributed by atoms with Gasteiger partial charge in [-0.15, -0.1) is 5.73 Å². The van der Waals surface area contributed by atoms with Crippen LogP contribution < -0.4 is 14.9 Å². The molecule has 0 radical (unpaired) electrons. The molecular weight excluding hydrogens is 603 g/mol. The van der Waals surface area contributed by atoms with Gasteiger partial charge in [0.2, 0.25) is 10.0 Å². The minimum absolute atomic E-state index is 0.0629. The molecule has 0 saturated heterocycles. The maximum atomic E-state index is 14.8. The van der Waals surface area contributed by atoms with Crippen LogP contribution in [0.4, 0.5) is 15.8 Å². The van der Waals surface area contributed by atoms with Gasteiger partial charge in [-0.25, -0.2) is 17.1 Å². The van der Waals surface area contributed by atoms with E-state index >= 15 is 0 Å². The van der Waals surface area contributed by atoms with Crippen LogP contribution in [0.15, 0.2) is 121 Å². The quantitative estimate of drug-likeness (QED) is 0.177. The molecule has 0 aliphatic heterocycles. The molecule has 0 heterocycles. The van der Waals surface area contributed by atoms with Crippen molar-refractivity contribution in [2.24, 2.45) is 0 Å². The first-order valence-corrected chi connectivity index (χ1v) is 16.5. The van der Waals surface area contributed by atoms with Crippen molar-refractivity contribution >= 4 is 27.3 Å². The van der Waals surface area contributed by atoms with E-state index in [2.05, 4.69) is 16.4 Å². The van der Waals surface area contributed by atoms with Crippen LogP contribution in [0, 0.1) is 11.3 Å². The van der Waals surface area contributed by atoms with E-state index in [4.69, 9.17) is 0 Å². The number of amides is 1. The zero-order chi connectivity index (χ0) is 32.7. The lowest BCUT2D eigenvalue weighted by atomic mass is 9.89. The molecule has 10 heteroatoms. The number of allylic oxidation sites excluding steroid dienone is 1. The summed E-state index contributed by atoms with van der Waals surface area (Å²) in [6.45, 7) is 0.469. The van der Waals surface area contributed by atoms with Gasteiger partial charge in [0.15, 0.2) is 5.67 Å². The highest BCUT2D eigenvalue weighted by atomic mass is 32.2. The Morgan fingerprint density at radius 3 is 2.26 bits per heavy atom. The number of aliphatic hydroxyl groups is 1. The highest BCUT2D eigenvalue weighted by Crippen LogP contribution is 2.34. The number of halogens is 1. The third-order valence-corrected chi connectivity index (χ3v) is 8.67. The summed E-state index contributed by atoms with van der Waals surface area (Å²) < 4.78 is 41.6. The zero-order valence-corrected chi connectivity index (χ0v) is 25.9. The first kappa shape index (κ1) is 32.4. The van der Waals surface area contributed by atoms with E-state index in [0.717, 1.165) is 21.7 Å². The van der Waals surface area contributed by atoms with Crippen LogP contribution >= 0.6 is 0 Å². The van der Waals surface area contributed by atoms with E-state index < -0.39 is 33.7 Å². The van der Waals surface area contributed by atoms with Crippen molar-refractivity contribution in [2.75, 3.05) is 17.1 Å². The molecule has 46 heavy (non-hydrogen) atoms. The van der Waals surface area contributed by atoms with Crippen LogP contribution in [0.2, 0.25) is 0 Å². The van der Waals surface area contributed by atoms with Crippen molar-refractivity contribution < 1.29 is 22.7 Å². The SMILES string of the molecule is CS(=O)(=O)N(c1ccccc1)c1cc(C#N)cc(C(=O)N[C@@H](Cc2ccccc2)[C@H](O)CNCc2cccc(C3(F)C=C=C3)c2)c1. The predicted octanol–water partition coefficient (Wildman–Crippen LogP) is 5.04. The number of nitrogens with one attached hydrogen (secondary N) is 2.